The normalized spacial score (nSPS) is 10.3. The molecule has 2 rings (SSSR count). The monoisotopic (exact) mass is 398 g/mol. The summed E-state index contributed by atoms with van der Waals surface area (Å²) in [5.74, 6) is 1.71. The van der Waals surface area contributed by atoms with Crippen molar-refractivity contribution in [2.75, 3.05) is 11.9 Å². The molecule has 2 aromatic rings. The summed E-state index contributed by atoms with van der Waals surface area (Å²) in [6, 6.07) is 9.86. The third-order valence-electron chi connectivity index (χ3n) is 2.68. The number of ether oxygens (including phenoxy) is 1. The first-order valence-corrected chi connectivity index (χ1v) is 8.05. The molecule has 1 heterocycles. The number of nitrogens with zero attached hydrogens (tertiary/aromatic N) is 1. The third kappa shape index (κ3) is 4.21. The van der Waals surface area contributed by atoms with Crippen LogP contribution in [0.1, 0.15) is 18.9 Å². The minimum absolute atomic E-state index is 0.488. The van der Waals surface area contributed by atoms with Crippen LogP contribution < -0.4 is 10.1 Å². The fourth-order valence-corrected chi connectivity index (χ4v) is 2.87. The number of halogens is 2. The lowest BCUT2D eigenvalue weighted by Gasteiger charge is -2.10. The largest absolute Gasteiger partial charge is 0.486 e. The zero-order chi connectivity index (χ0) is 14.4. The van der Waals surface area contributed by atoms with Crippen molar-refractivity contribution in [1.82, 2.24) is 4.98 Å². The van der Waals surface area contributed by atoms with E-state index < -0.39 is 0 Å². The van der Waals surface area contributed by atoms with Gasteiger partial charge in [-0.05, 0) is 56.5 Å². The van der Waals surface area contributed by atoms with E-state index in [1.54, 1.807) is 0 Å². The van der Waals surface area contributed by atoms with Crippen molar-refractivity contribution < 1.29 is 4.74 Å². The lowest BCUT2D eigenvalue weighted by atomic mass is 10.3. The molecule has 1 aromatic carbocycles. The maximum atomic E-state index is 5.82. The highest BCUT2D eigenvalue weighted by Gasteiger charge is 2.06. The van der Waals surface area contributed by atoms with Gasteiger partial charge in [0.25, 0.3) is 0 Å². The minimum Gasteiger partial charge on any atom is -0.486 e. The molecule has 0 saturated heterocycles. The van der Waals surface area contributed by atoms with Crippen molar-refractivity contribution >= 4 is 37.7 Å². The molecule has 1 N–H and O–H groups in total. The van der Waals surface area contributed by atoms with Crippen LogP contribution in [0, 0.1) is 0 Å². The van der Waals surface area contributed by atoms with Crippen molar-refractivity contribution in [3.63, 3.8) is 0 Å². The van der Waals surface area contributed by atoms with Gasteiger partial charge in [-0.3, -0.25) is 0 Å². The Bertz CT molecular complexity index is 538. The second-order valence-electron chi connectivity index (χ2n) is 4.32. The van der Waals surface area contributed by atoms with E-state index in [1.807, 2.05) is 36.5 Å². The van der Waals surface area contributed by atoms with Gasteiger partial charge in [-0.25, -0.2) is 4.98 Å². The minimum atomic E-state index is 0.488. The van der Waals surface area contributed by atoms with Gasteiger partial charge in [0.05, 0.1) is 8.95 Å². The van der Waals surface area contributed by atoms with Gasteiger partial charge in [0.1, 0.15) is 18.2 Å². The van der Waals surface area contributed by atoms with Crippen molar-refractivity contribution in [2.45, 2.75) is 20.0 Å². The van der Waals surface area contributed by atoms with E-state index in [0.717, 1.165) is 39.0 Å². The van der Waals surface area contributed by atoms with Gasteiger partial charge in [0.15, 0.2) is 0 Å². The van der Waals surface area contributed by atoms with Gasteiger partial charge in [-0.1, -0.05) is 19.1 Å². The summed E-state index contributed by atoms with van der Waals surface area (Å²) >= 11 is 6.96. The smallest absolute Gasteiger partial charge is 0.148 e. The van der Waals surface area contributed by atoms with Crippen LogP contribution in [0.3, 0.4) is 0 Å². The van der Waals surface area contributed by atoms with Crippen LogP contribution >= 0.6 is 31.9 Å². The highest BCUT2D eigenvalue weighted by Crippen LogP contribution is 2.33. The standard InChI is InChI=1S/C15H16Br2N2O/c1-2-8-18-14-7-6-11(9-19-14)10-20-15-12(16)4-3-5-13(15)17/h3-7,9H,2,8,10H2,1H3,(H,18,19). The Morgan fingerprint density at radius 2 is 1.90 bits per heavy atom. The Balaban J connectivity index is 1.97. The fourth-order valence-electron chi connectivity index (χ4n) is 1.64. The van der Waals surface area contributed by atoms with Gasteiger partial charge in [-0.2, -0.15) is 0 Å². The van der Waals surface area contributed by atoms with E-state index in [9.17, 15) is 0 Å². The summed E-state index contributed by atoms with van der Waals surface area (Å²) in [6.07, 6.45) is 2.92. The Kier molecular flexibility index (Phi) is 5.86. The van der Waals surface area contributed by atoms with E-state index >= 15 is 0 Å². The predicted molar refractivity (Wildman–Crippen MR) is 89.2 cm³/mol. The molecule has 0 unspecified atom stereocenters. The molecule has 3 nitrogen and oxygen atoms in total. The van der Waals surface area contributed by atoms with E-state index in [0.29, 0.717) is 6.61 Å². The first-order valence-electron chi connectivity index (χ1n) is 6.46. The molecule has 0 aliphatic heterocycles. The highest BCUT2D eigenvalue weighted by atomic mass is 79.9. The average Bonchev–Trinajstić information content (AvgIpc) is 2.46. The molecule has 0 aliphatic carbocycles. The topological polar surface area (TPSA) is 34.1 Å². The van der Waals surface area contributed by atoms with Crippen LogP contribution in [0.4, 0.5) is 5.82 Å². The Labute approximate surface area is 136 Å². The molecule has 0 bridgehead atoms. The van der Waals surface area contributed by atoms with Crippen LogP contribution in [0.2, 0.25) is 0 Å². The molecule has 0 aliphatic rings. The number of hydrogen-bond donors (Lipinski definition) is 1. The molecule has 0 saturated carbocycles. The second kappa shape index (κ2) is 7.64. The zero-order valence-electron chi connectivity index (χ0n) is 11.2. The Morgan fingerprint density at radius 3 is 2.50 bits per heavy atom. The van der Waals surface area contributed by atoms with Crippen LogP contribution in [-0.4, -0.2) is 11.5 Å². The van der Waals surface area contributed by atoms with Crippen LogP contribution in [0.25, 0.3) is 0 Å². The maximum absolute atomic E-state index is 5.82. The second-order valence-corrected chi connectivity index (χ2v) is 6.03. The number of rotatable bonds is 6. The number of para-hydroxylation sites is 1. The number of benzene rings is 1. The third-order valence-corrected chi connectivity index (χ3v) is 3.93. The molecule has 0 spiro atoms. The fraction of sp³-hybridized carbons (Fsp3) is 0.267. The summed E-state index contributed by atoms with van der Waals surface area (Å²) in [5, 5.41) is 3.25. The lowest BCUT2D eigenvalue weighted by molar-refractivity contribution is 0.302. The lowest BCUT2D eigenvalue weighted by Crippen LogP contribution is -2.03. The summed E-state index contributed by atoms with van der Waals surface area (Å²) in [6.45, 7) is 3.56. The van der Waals surface area contributed by atoms with Crippen molar-refractivity contribution in [3.8, 4) is 5.75 Å². The molecule has 0 amide bonds. The van der Waals surface area contributed by atoms with Crippen LogP contribution in [-0.2, 0) is 6.61 Å². The van der Waals surface area contributed by atoms with Gasteiger partial charge in [0, 0.05) is 18.3 Å². The molecule has 0 fully saturated rings. The SMILES string of the molecule is CCCNc1ccc(COc2c(Br)cccc2Br)cn1. The average molecular weight is 400 g/mol. The van der Waals surface area contributed by atoms with Crippen molar-refractivity contribution in [3.05, 3.63) is 51.0 Å². The van der Waals surface area contributed by atoms with Gasteiger partial charge < -0.3 is 10.1 Å². The molecule has 0 radical (unpaired) electrons. The number of hydrogen-bond acceptors (Lipinski definition) is 3. The number of anilines is 1. The highest BCUT2D eigenvalue weighted by molar-refractivity contribution is 9.11. The van der Waals surface area contributed by atoms with E-state index in [2.05, 4.69) is 49.1 Å². The summed E-state index contributed by atoms with van der Waals surface area (Å²) in [7, 11) is 0. The summed E-state index contributed by atoms with van der Waals surface area (Å²) in [5.41, 5.74) is 1.04. The van der Waals surface area contributed by atoms with E-state index in [-0.39, 0.29) is 0 Å². The number of nitrogens with one attached hydrogen (secondary N) is 1. The molecular weight excluding hydrogens is 384 g/mol. The van der Waals surface area contributed by atoms with Crippen molar-refractivity contribution in [2.24, 2.45) is 0 Å². The Morgan fingerprint density at radius 1 is 1.15 bits per heavy atom. The van der Waals surface area contributed by atoms with E-state index in [4.69, 9.17) is 4.74 Å². The van der Waals surface area contributed by atoms with Crippen molar-refractivity contribution in [1.29, 1.82) is 0 Å². The van der Waals surface area contributed by atoms with E-state index in [1.165, 1.54) is 0 Å². The number of pyridine rings is 1. The van der Waals surface area contributed by atoms with Gasteiger partial charge >= 0.3 is 0 Å². The summed E-state index contributed by atoms with van der Waals surface area (Å²) < 4.78 is 7.68. The molecule has 20 heavy (non-hydrogen) atoms. The quantitative estimate of drug-likeness (QED) is 0.741. The van der Waals surface area contributed by atoms with Crippen LogP contribution in [0.5, 0.6) is 5.75 Å². The Hall–Kier alpha value is -1.07. The molecule has 5 heteroatoms. The van der Waals surface area contributed by atoms with Gasteiger partial charge in [0.2, 0.25) is 0 Å². The predicted octanol–water partition coefficient (Wildman–Crippen LogP) is 5.01. The zero-order valence-corrected chi connectivity index (χ0v) is 14.4. The molecular formula is C15H16Br2N2O. The maximum Gasteiger partial charge on any atom is 0.148 e. The first-order chi connectivity index (χ1) is 9.70. The molecule has 106 valence electrons. The molecule has 1 aromatic heterocycles. The summed E-state index contributed by atoms with van der Waals surface area (Å²) in [4.78, 5) is 4.36. The first kappa shape index (κ1) is 15.3. The van der Waals surface area contributed by atoms with Gasteiger partial charge in [-0.15, -0.1) is 0 Å². The molecule has 0 atom stereocenters. The number of aromatic nitrogens is 1. The van der Waals surface area contributed by atoms with Crippen LogP contribution in [0.15, 0.2) is 45.5 Å².